The molecule has 50 heavy (non-hydrogen) atoms. The van der Waals surface area contributed by atoms with Crippen molar-refractivity contribution in [2.24, 2.45) is 0 Å². The summed E-state index contributed by atoms with van der Waals surface area (Å²) in [6.45, 7) is 9.19. The molecule has 0 heterocycles. The van der Waals surface area contributed by atoms with Crippen molar-refractivity contribution in [3.8, 4) is 22.3 Å². The van der Waals surface area contributed by atoms with Crippen LogP contribution in [-0.2, 0) is 17.1 Å². The summed E-state index contributed by atoms with van der Waals surface area (Å²) in [6, 6.07) is 33.7. The molecule has 0 bridgehead atoms. The van der Waals surface area contributed by atoms with E-state index in [9.17, 15) is 0 Å². The third-order valence-corrected chi connectivity index (χ3v) is 69.7. The van der Waals surface area contributed by atoms with E-state index in [0.29, 0.717) is 19.2 Å². The average molecular weight is 842 g/mol. The predicted octanol–water partition coefficient (Wildman–Crippen LogP) is 14.8. The molecule has 2 fully saturated rings. The predicted molar refractivity (Wildman–Crippen MR) is 217 cm³/mol. The van der Waals surface area contributed by atoms with Gasteiger partial charge in [-0.05, 0) is 0 Å². The molecule has 2 atom stereocenters. The summed E-state index contributed by atoms with van der Waals surface area (Å²) in [6.07, 6.45) is 22.5. The molecule has 0 N–H and O–H groups in total. The van der Waals surface area contributed by atoms with Crippen molar-refractivity contribution in [2.75, 3.05) is 0 Å². The van der Waals surface area contributed by atoms with Gasteiger partial charge < -0.3 is 0 Å². The molecule has 0 aromatic heterocycles. The van der Waals surface area contributed by atoms with Gasteiger partial charge in [0.15, 0.2) is 0 Å². The van der Waals surface area contributed by atoms with Gasteiger partial charge in [0.05, 0.1) is 0 Å². The van der Waals surface area contributed by atoms with Gasteiger partial charge in [0.1, 0.15) is 0 Å². The van der Waals surface area contributed by atoms with Crippen LogP contribution < -0.4 is 0 Å². The van der Waals surface area contributed by atoms with E-state index >= 15 is 0 Å². The van der Waals surface area contributed by atoms with E-state index in [4.69, 9.17) is 0 Å². The van der Waals surface area contributed by atoms with E-state index in [2.05, 4.69) is 146 Å². The molecule has 0 nitrogen and oxygen atoms in total. The first kappa shape index (κ1) is 34.5. The summed E-state index contributed by atoms with van der Waals surface area (Å²) >= 11 is -4.04. The Hall–Kier alpha value is -2.55. The van der Waals surface area contributed by atoms with Crippen molar-refractivity contribution in [3.05, 3.63) is 130 Å². The van der Waals surface area contributed by atoms with Crippen molar-refractivity contribution in [1.29, 1.82) is 0 Å². The van der Waals surface area contributed by atoms with Crippen molar-refractivity contribution in [2.45, 2.75) is 119 Å². The van der Waals surface area contributed by atoms with Gasteiger partial charge in [0.2, 0.25) is 0 Å². The second-order valence-corrected chi connectivity index (χ2v) is 62.8. The molecule has 8 rings (SSSR count). The zero-order chi connectivity index (χ0) is 34.6. The van der Waals surface area contributed by atoms with Crippen LogP contribution in [0.3, 0.4) is 0 Å². The second kappa shape index (κ2) is 13.5. The molecule has 2 heteroatoms. The van der Waals surface area contributed by atoms with Crippen LogP contribution in [0.25, 0.3) is 34.4 Å². The first-order chi connectivity index (χ1) is 24.1. The normalized spacial score (nSPS) is 20.7. The molecule has 4 aromatic rings. The van der Waals surface area contributed by atoms with Crippen LogP contribution in [0, 0.1) is 0 Å². The molecular formula is C48H58HfSi. The Labute approximate surface area is 304 Å². The van der Waals surface area contributed by atoms with E-state index in [1.54, 1.807) is 11.1 Å². The standard InChI is InChI=1S/2C18H17.C10H18Si.2CH3.Hf/c2*1-13(2)14-9-11-16(12-10-14)18-8-4-6-15-5-3-7-17(15)18;1-2-6-9(5-1)11-10-7-3-4-8-10;;;/h2*3-13H,1-2H3;9-10H,1-8H2;2*1H3;. The molecule has 2 unspecified atom stereocenters. The van der Waals surface area contributed by atoms with Gasteiger partial charge in [-0.25, -0.2) is 0 Å². The zero-order valence-electron chi connectivity index (χ0n) is 31.5. The van der Waals surface area contributed by atoms with Crippen LogP contribution in [0.1, 0.15) is 132 Å². The van der Waals surface area contributed by atoms with Crippen LogP contribution >= 0.6 is 0 Å². The number of fused-ring (bicyclic) bond motifs is 2. The summed E-state index contributed by atoms with van der Waals surface area (Å²) in [5.74, 6) is 1.11. The third-order valence-electron chi connectivity index (χ3n) is 14.1. The van der Waals surface area contributed by atoms with Gasteiger partial charge in [-0.2, -0.15) is 0 Å². The Morgan fingerprint density at radius 3 is 1.26 bits per heavy atom. The Balaban J connectivity index is 1.33. The van der Waals surface area contributed by atoms with Gasteiger partial charge in [-0.1, -0.05) is 0 Å². The zero-order valence-corrected chi connectivity index (χ0v) is 36.1. The van der Waals surface area contributed by atoms with Crippen LogP contribution in [0.4, 0.5) is 0 Å². The van der Waals surface area contributed by atoms with E-state index in [1.165, 1.54) is 95.9 Å². The SMILES string of the molecule is CC(C)c1ccc(-c2cccc3c2C=C[CH]3[Hf]([CH3])([CH3])([CH]2C=Cc3c(-c4ccc(C(C)C)cc4)cccc32)=[Si](C2CCCC2)C2CCCC2)cc1. The maximum absolute atomic E-state index is 4.04. The quantitative estimate of drug-likeness (QED) is 0.155. The average Bonchev–Trinajstić information content (AvgIpc) is 3.96. The second-order valence-electron chi connectivity index (χ2n) is 17.9. The molecule has 0 radical (unpaired) electrons. The molecule has 0 spiro atoms. The van der Waals surface area contributed by atoms with Gasteiger partial charge in [0.25, 0.3) is 0 Å². The third kappa shape index (κ3) is 5.71. The Morgan fingerprint density at radius 2 is 0.900 bits per heavy atom. The minimum atomic E-state index is -4.04. The van der Waals surface area contributed by atoms with Gasteiger partial charge in [0, 0.05) is 0 Å². The fourth-order valence-corrected chi connectivity index (χ4v) is 78.4. The van der Waals surface area contributed by atoms with E-state index in [1.807, 2.05) is 0 Å². The Bertz CT molecular complexity index is 1880. The van der Waals surface area contributed by atoms with Crippen LogP contribution in [0.15, 0.2) is 97.1 Å². The summed E-state index contributed by atoms with van der Waals surface area (Å²) in [7, 11) is 0. The molecule has 4 aliphatic carbocycles. The Morgan fingerprint density at radius 1 is 0.520 bits per heavy atom. The molecule has 4 aromatic carbocycles. The van der Waals surface area contributed by atoms with Gasteiger partial charge in [-0.3, -0.25) is 0 Å². The van der Waals surface area contributed by atoms with Crippen molar-refractivity contribution in [3.63, 3.8) is 0 Å². The molecule has 258 valence electrons. The summed E-state index contributed by atoms with van der Waals surface area (Å²) < 4.78 is 7.26. The molecule has 0 saturated heterocycles. The summed E-state index contributed by atoms with van der Waals surface area (Å²) in [5.41, 5.74) is 16.1. The van der Waals surface area contributed by atoms with Gasteiger partial charge in [-0.15, -0.1) is 0 Å². The monoisotopic (exact) mass is 842 g/mol. The fraction of sp³-hybridized carbons (Fsp3) is 0.417. The number of hydrogen-bond acceptors (Lipinski definition) is 0. The van der Waals surface area contributed by atoms with Crippen molar-refractivity contribution >= 4 is 17.6 Å². The maximum atomic E-state index is 3.03. The van der Waals surface area contributed by atoms with Gasteiger partial charge >= 0.3 is 306 Å². The Kier molecular flexibility index (Phi) is 9.29. The summed E-state index contributed by atoms with van der Waals surface area (Å²) in [5, 5.41) is 0. The van der Waals surface area contributed by atoms with Crippen LogP contribution in [0.5, 0.6) is 0 Å². The number of rotatable bonds is 8. The number of allylic oxidation sites excluding steroid dienone is 2. The molecule has 0 aliphatic heterocycles. The molecular weight excluding hydrogens is 783 g/mol. The molecule has 2 saturated carbocycles. The van der Waals surface area contributed by atoms with E-state index in [0.717, 1.165) is 11.1 Å². The summed E-state index contributed by atoms with van der Waals surface area (Å²) in [4.78, 5) is 0. The first-order valence-electron chi connectivity index (χ1n) is 20.0. The van der Waals surface area contributed by atoms with E-state index < -0.39 is 22.6 Å². The minimum absolute atomic E-state index is 0.555. The fourth-order valence-electron chi connectivity index (χ4n) is 11.5. The molecule has 4 aliphatic rings. The number of hydrogen-bond donors (Lipinski definition) is 0. The van der Waals surface area contributed by atoms with E-state index in [-0.39, 0.29) is 0 Å². The number of benzene rings is 4. The van der Waals surface area contributed by atoms with Crippen LogP contribution in [0.2, 0.25) is 20.4 Å². The van der Waals surface area contributed by atoms with Crippen molar-refractivity contribution < 1.29 is 17.1 Å². The van der Waals surface area contributed by atoms with Crippen molar-refractivity contribution in [1.82, 2.24) is 0 Å². The molecule has 0 amide bonds. The topological polar surface area (TPSA) is 0 Å². The first-order valence-corrected chi connectivity index (χ1v) is 38.4. The van der Waals surface area contributed by atoms with Crippen LogP contribution in [-0.4, -0.2) is 5.49 Å².